The van der Waals surface area contributed by atoms with Crippen LogP contribution in [0, 0.1) is 0 Å². The lowest BCUT2D eigenvalue weighted by Gasteiger charge is -2.01. The van der Waals surface area contributed by atoms with Crippen LogP contribution in [0.4, 0.5) is 0 Å². The number of fused-ring (bicyclic) bond motifs is 1. The Morgan fingerprint density at radius 3 is 2.76 bits per heavy atom. The lowest BCUT2D eigenvalue weighted by Crippen LogP contribution is -2.16. The van der Waals surface area contributed by atoms with E-state index < -0.39 is 0 Å². The molecule has 17 heavy (non-hydrogen) atoms. The Balaban J connectivity index is 2.16. The molecule has 0 radical (unpaired) electrons. The van der Waals surface area contributed by atoms with E-state index >= 15 is 0 Å². The van der Waals surface area contributed by atoms with Crippen molar-refractivity contribution in [1.82, 2.24) is 4.98 Å². The molecule has 0 unspecified atom stereocenters. The van der Waals surface area contributed by atoms with E-state index in [0.29, 0.717) is 0 Å². The Bertz CT molecular complexity index is 560. The van der Waals surface area contributed by atoms with E-state index in [1.807, 2.05) is 11.8 Å². The molecule has 1 fully saturated rings. The molecular weight excluding hydrogens is 228 g/mol. The van der Waals surface area contributed by atoms with Crippen LogP contribution in [0.3, 0.4) is 0 Å². The molecule has 1 aliphatic rings. The molecule has 0 atom stereocenters. The number of aromatic amines is 1. The van der Waals surface area contributed by atoms with Gasteiger partial charge in [-0.15, -0.1) is 0 Å². The van der Waals surface area contributed by atoms with E-state index in [1.165, 1.54) is 47.4 Å². The van der Waals surface area contributed by atoms with E-state index in [-0.39, 0.29) is 0 Å². The summed E-state index contributed by atoms with van der Waals surface area (Å²) in [6.07, 6.45) is 6.98. The molecule has 1 aromatic heterocycles. The fourth-order valence-electron chi connectivity index (χ4n) is 2.58. The highest BCUT2D eigenvalue weighted by Gasteiger charge is 2.22. The summed E-state index contributed by atoms with van der Waals surface area (Å²) in [6, 6.07) is 8.53. The summed E-state index contributed by atoms with van der Waals surface area (Å²) in [4.78, 5) is 3.37. The number of nitrogens with one attached hydrogen (secondary N) is 1. The third kappa shape index (κ3) is 1.89. The highest BCUT2D eigenvalue weighted by molar-refractivity contribution is 8.13. The van der Waals surface area contributed by atoms with Gasteiger partial charge in [0, 0.05) is 29.9 Å². The van der Waals surface area contributed by atoms with Crippen LogP contribution in [0.1, 0.15) is 18.4 Å². The average molecular weight is 245 g/mol. The molecular formula is C14H17N2S+. The number of H-pyrrole nitrogens is 1. The predicted molar refractivity (Wildman–Crippen MR) is 75.2 cm³/mol. The van der Waals surface area contributed by atoms with Gasteiger partial charge in [0.1, 0.15) is 13.1 Å². The van der Waals surface area contributed by atoms with Crippen molar-refractivity contribution >= 4 is 27.7 Å². The van der Waals surface area contributed by atoms with Gasteiger partial charge in [-0.2, -0.15) is 0 Å². The molecule has 1 N–H and O–H groups in total. The van der Waals surface area contributed by atoms with Crippen molar-refractivity contribution in [3.05, 3.63) is 36.0 Å². The Kier molecular flexibility index (Phi) is 2.93. The smallest absolute Gasteiger partial charge is 0.243 e. The average Bonchev–Trinajstić information content (AvgIpc) is 3.01. The molecule has 2 aromatic rings. The zero-order valence-corrected chi connectivity index (χ0v) is 10.9. The van der Waals surface area contributed by atoms with Crippen molar-refractivity contribution in [3.63, 3.8) is 0 Å². The molecule has 3 heteroatoms. The first-order valence-corrected chi connectivity index (χ1v) is 7.35. The lowest BCUT2D eigenvalue weighted by atomic mass is 10.2. The van der Waals surface area contributed by atoms with E-state index in [9.17, 15) is 0 Å². The minimum absolute atomic E-state index is 1.20. The first kappa shape index (κ1) is 10.9. The second kappa shape index (κ2) is 4.57. The van der Waals surface area contributed by atoms with Gasteiger partial charge in [0.15, 0.2) is 0 Å². The first-order chi connectivity index (χ1) is 8.40. The zero-order valence-electron chi connectivity index (χ0n) is 10.1. The van der Waals surface area contributed by atoms with Gasteiger partial charge >= 0.3 is 0 Å². The molecule has 88 valence electrons. The van der Waals surface area contributed by atoms with Gasteiger partial charge in [-0.1, -0.05) is 30.0 Å². The summed E-state index contributed by atoms with van der Waals surface area (Å²) in [7, 11) is 0. The Morgan fingerprint density at radius 2 is 2.00 bits per heavy atom. The third-order valence-corrected chi connectivity index (χ3v) is 4.27. The lowest BCUT2D eigenvalue weighted by molar-refractivity contribution is -0.502. The molecule has 1 saturated heterocycles. The topological polar surface area (TPSA) is 18.8 Å². The summed E-state index contributed by atoms with van der Waals surface area (Å²) in [5, 5.41) is 2.75. The van der Waals surface area contributed by atoms with Crippen LogP contribution in [0.2, 0.25) is 0 Å². The van der Waals surface area contributed by atoms with Crippen LogP contribution in [-0.2, 0) is 0 Å². The summed E-state index contributed by atoms with van der Waals surface area (Å²) in [5.74, 6) is 0. The van der Waals surface area contributed by atoms with Crippen molar-refractivity contribution in [2.75, 3.05) is 19.3 Å². The van der Waals surface area contributed by atoms with Crippen molar-refractivity contribution in [3.8, 4) is 0 Å². The molecule has 0 aliphatic carbocycles. The number of para-hydroxylation sites is 1. The van der Waals surface area contributed by atoms with Crippen molar-refractivity contribution in [2.24, 2.45) is 0 Å². The maximum atomic E-state index is 3.37. The van der Waals surface area contributed by atoms with Crippen LogP contribution < -0.4 is 0 Å². The van der Waals surface area contributed by atoms with Gasteiger partial charge in [0.05, 0.1) is 5.56 Å². The number of hydrogen-bond donors (Lipinski definition) is 1. The number of aromatic nitrogens is 1. The number of nitrogens with zero attached hydrogens (tertiary/aromatic N) is 1. The maximum absolute atomic E-state index is 3.37. The second-order valence-corrected chi connectivity index (χ2v) is 5.25. The van der Waals surface area contributed by atoms with Gasteiger partial charge in [-0.05, 0) is 12.3 Å². The fraction of sp³-hybridized carbons (Fsp3) is 0.357. The van der Waals surface area contributed by atoms with Crippen LogP contribution in [0.5, 0.6) is 0 Å². The zero-order chi connectivity index (χ0) is 11.7. The molecule has 2 heterocycles. The first-order valence-electron chi connectivity index (χ1n) is 6.12. The molecule has 0 amide bonds. The second-order valence-electron chi connectivity index (χ2n) is 4.45. The van der Waals surface area contributed by atoms with Gasteiger partial charge in [0.2, 0.25) is 5.04 Å². The fourth-order valence-corrected chi connectivity index (χ4v) is 3.41. The predicted octanol–water partition coefficient (Wildman–Crippen LogP) is 3.08. The SMILES string of the molecule is CSC(c1c[nH]c2ccccc12)=[N+]1CCCC1. The van der Waals surface area contributed by atoms with Gasteiger partial charge < -0.3 is 4.98 Å². The van der Waals surface area contributed by atoms with Crippen LogP contribution in [-0.4, -0.2) is 33.9 Å². The molecule has 3 rings (SSSR count). The quantitative estimate of drug-likeness (QED) is 0.604. The summed E-state index contributed by atoms with van der Waals surface area (Å²) in [6.45, 7) is 2.41. The van der Waals surface area contributed by atoms with E-state index in [4.69, 9.17) is 0 Å². The Labute approximate surface area is 106 Å². The number of hydrogen-bond acceptors (Lipinski definition) is 1. The number of benzene rings is 1. The standard InChI is InChI=1S/C14H16N2S/c1-17-14(16-8-4-5-9-16)12-10-15-13-7-3-2-6-11(12)13/h2-3,6-7,10H,4-5,8-9H2,1H3/p+1. The highest BCUT2D eigenvalue weighted by Crippen LogP contribution is 2.23. The van der Waals surface area contributed by atoms with Crippen LogP contribution >= 0.6 is 11.8 Å². The monoisotopic (exact) mass is 245 g/mol. The summed E-state index contributed by atoms with van der Waals surface area (Å²) >= 11 is 1.86. The molecule has 2 nitrogen and oxygen atoms in total. The normalized spacial score (nSPS) is 15.7. The van der Waals surface area contributed by atoms with E-state index in [0.717, 1.165) is 0 Å². The molecule has 0 bridgehead atoms. The molecule has 0 spiro atoms. The summed E-state index contributed by atoms with van der Waals surface area (Å²) in [5.41, 5.74) is 2.59. The minimum atomic E-state index is 1.20. The van der Waals surface area contributed by atoms with Gasteiger partial charge in [-0.25, -0.2) is 4.58 Å². The number of rotatable bonds is 1. The van der Waals surface area contributed by atoms with Crippen LogP contribution in [0.25, 0.3) is 10.9 Å². The van der Waals surface area contributed by atoms with Gasteiger partial charge in [0.25, 0.3) is 0 Å². The third-order valence-electron chi connectivity index (χ3n) is 3.41. The molecule has 0 saturated carbocycles. The van der Waals surface area contributed by atoms with Crippen molar-refractivity contribution in [1.29, 1.82) is 0 Å². The van der Waals surface area contributed by atoms with Gasteiger partial charge in [-0.3, -0.25) is 0 Å². The molecule has 1 aliphatic heterocycles. The van der Waals surface area contributed by atoms with E-state index in [2.05, 4.69) is 46.3 Å². The number of thioether (sulfide) groups is 1. The van der Waals surface area contributed by atoms with Crippen molar-refractivity contribution < 1.29 is 4.58 Å². The van der Waals surface area contributed by atoms with Crippen molar-refractivity contribution in [2.45, 2.75) is 12.8 Å². The largest absolute Gasteiger partial charge is 0.360 e. The Hall–Kier alpha value is -1.22. The summed E-state index contributed by atoms with van der Waals surface area (Å²) < 4.78 is 2.51. The minimum Gasteiger partial charge on any atom is -0.360 e. The maximum Gasteiger partial charge on any atom is 0.243 e. The molecule has 1 aromatic carbocycles. The Morgan fingerprint density at radius 1 is 1.24 bits per heavy atom. The van der Waals surface area contributed by atoms with E-state index in [1.54, 1.807) is 0 Å². The highest BCUT2D eigenvalue weighted by atomic mass is 32.2. The van der Waals surface area contributed by atoms with Crippen LogP contribution in [0.15, 0.2) is 30.5 Å².